The molecule has 1 unspecified atom stereocenters. The fraction of sp³-hybridized carbons (Fsp3) is 0.520. The maximum Gasteiger partial charge on any atom is 0.341 e. The number of benzene rings is 1. The van der Waals surface area contributed by atoms with Crippen molar-refractivity contribution in [2.75, 3.05) is 6.61 Å². The van der Waals surface area contributed by atoms with E-state index in [4.69, 9.17) is 4.74 Å². The van der Waals surface area contributed by atoms with Crippen LogP contribution in [0.5, 0.6) is 5.75 Å². The number of hydrogen-bond donors (Lipinski definition) is 1. The van der Waals surface area contributed by atoms with Crippen LogP contribution >= 0.6 is 13.5 Å². The molecule has 1 aromatic carbocycles. The molecular weight excluding hydrogens is 451 g/mol. The molecule has 0 spiro atoms. The van der Waals surface area contributed by atoms with E-state index in [1.165, 1.54) is 6.07 Å². The van der Waals surface area contributed by atoms with Crippen molar-refractivity contribution in [2.24, 2.45) is 11.8 Å². The topological polar surface area (TPSA) is 59.4 Å². The molecule has 8 heteroatoms. The Kier molecular flexibility index (Phi) is 7.98. The van der Waals surface area contributed by atoms with Crippen molar-refractivity contribution in [3.05, 3.63) is 59.4 Å². The quantitative estimate of drug-likeness (QED) is 0.461. The van der Waals surface area contributed by atoms with Crippen LogP contribution in [0.25, 0.3) is 0 Å². The lowest BCUT2D eigenvalue weighted by atomic mass is 9.79. The Morgan fingerprint density at radius 3 is 2.52 bits per heavy atom. The van der Waals surface area contributed by atoms with Gasteiger partial charge in [-0.05, 0) is 92.5 Å². The first-order valence-electron chi connectivity index (χ1n) is 11.2. The average Bonchev–Trinajstić information content (AvgIpc) is 3.59. The van der Waals surface area contributed by atoms with E-state index in [-0.39, 0.29) is 31.2 Å². The molecule has 0 amide bonds. The van der Waals surface area contributed by atoms with Gasteiger partial charge in [0, 0.05) is 5.92 Å². The first-order valence-corrected chi connectivity index (χ1v) is 11.2. The summed E-state index contributed by atoms with van der Waals surface area (Å²) in [5.41, 5.74) is -1.29. The van der Waals surface area contributed by atoms with Gasteiger partial charge in [0.1, 0.15) is 11.6 Å². The average molecular weight is 482 g/mol. The Morgan fingerprint density at radius 1 is 1.18 bits per heavy atom. The van der Waals surface area contributed by atoms with Gasteiger partial charge in [-0.1, -0.05) is 12.1 Å². The lowest BCUT2D eigenvalue weighted by Gasteiger charge is -2.29. The molecule has 0 bridgehead atoms. The van der Waals surface area contributed by atoms with Gasteiger partial charge in [0.2, 0.25) is 11.6 Å². The molecule has 2 atom stereocenters. The summed E-state index contributed by atoms with van der Waals surface area (Å²) in [6.45, 7) is 1.62. The number of ether oxygens (including phenoxy) is 1. The number of alkyl halides is 1. The largest absolute Gasteiger partial charge is 0.493 e. The summed E-state index contributed by atoms with van der Waals surface area (Å²) in [6.07, 6.45) is 5.75. The molecule has 2 fully saturated rings. The minimum atomic E-state index is -2.33. The molecule has 1 N–H and O–H groups in total. The van der Waals surface area contributed by atoms with Gasteiger partial charge in [-0.2, -0.15) is 17.9 Å². The number of carbonyl (C=O) groups is 1. The highest BCUT2D eigenvalue weighted by Gasteiger charge is 2.50. The molecule has 0 saturated heterocycles. The van der Waals surface area contributed by atoms with E-state index >= 15 is 0 Å². The maximum atomic E-state index is 15.0. The van der Waals surface area contributed by atoms with Gasteiger partial charge in [0.25, 0.3) is 0 Å². The van der Waals surface area contributed by atoms with Crippen LogP contribution in [0.1, 0.15) is 68.4 Å². The third-order valence-corrected chi connectivity index (χ3v) is 6.94. The zero-order chi connectivity index (χ0) is 22.9. The second kappa shape index (κ2) is 10.4. The van der Waals surface area contributed by atoms with Crippen LogP contribution in [0.4, 0.5) is 13.2 Å². The summed E-state index contributed by atoms with van der Waals surface area (Å²) in [4.78, 5) is 14.9. The van der Waals surface area contributed by atoms with Crippen LogP contribution in [0.2, 0.25) is 0 Å². The Balaban J connectivity index is 0.00000306. The first kappa shape index (κ1) is 25.4. The molecule has 1 heterocycles. The normalized spacial score (nSPS) is 23.2. The van der Waals surface area contributed by atoms with Gasteiger partial charge >= 0.3 is 5.97 Å². The van der Waals surface area contributed by atoms with Crippen molar-refractivity contribution in [1.29, 1.82) is 0 Å². The van der Waals surface area contributed by atoms with E-state index in [1.807, 2.05) is 0 Å². The summed E-state index contributed by atoms with van der Waals surface area (Å²) in [5, 5.41) is 9.37. The van der Waals surface area contributed by atoms with Crippen molar-refractivity contribution in [3.63, 3.8) is 0 Å². The number of carboxylic acids is 1. The van der Waals surface area contributed by atoms with Gasteiger partial charge < -0.3 is 9.84 Å². The van der Waals surface area contributed by atoms with Crippen LogP contribution in [0.15, 0.2) is 36.5 Å². The number of pyridine rings is 1. The second-order valence-electron chi connectivity index (χ2n) is 9.33. The van der Waals surface area contributed by atoms with E-state index in [0.717, 1.165) is 51.6 Å². The fourth-order valence-corrected chi connectivity index (χ4v) is 4.98. The maximum absolute atomic E-state index is 15.0. The highest BCUT2D eigenvalue weighted by molar-refractivity contribution is 7.59. The smallest absolute Gasteiger partial charge is 0.341 e. The number of carboxylic acid groups (broad SMARTS) is 1. The highest BCUT2D eigenvalue weighted by Crippen LogP contribution is 2.50. The molecule has 180 valence electrons. The molecule has 4 rings (SSSR count). The molecule has 1 aromatic heterocycles. The Morgan fingerprint density at radius 2 is 1.88 bits per heavy atom. The van der Waals surface area contributed by atoms with Crippen LogP contribution in [-0.2, 0) is 4.79 Å². The zero-order valence-electron chi connectivity index (χ0n) is 18.6. The van der Waals surface area contributed by atoms with Crippen LogP contribution < -0.4 is 4.74 Å². The van der Waals surface area contributed by atoms with Gasteiger partial charge in [-0.3, -0.25) is 0 Å². The number of halogens is 3. The van der Waals surface area contributed by atoms with Crippen LogP contribution in [0.3, 0.4) is 0 Å². The van der Waals surface area contributed by atoms with Gasteiger partial charge in [-0.15, -0.1) is 0 Å². The monoisotopic (exact) mass is 481 g/mol. The van der Waals surface area contributed by atoms with Crippen molar-refractivity contribution in [3.8, 4) is 5.75 Å². The first-order chi connectivity index (χ1) is 15.3. The molecular formula is C25H30F3NO3S. The van der Waals surface area contributed by atoms with E-state index in [2.05, 4.69) is 4.98 Å². The highest BCUT2D eigenvalue weighted by atomic mass is 32.1. The molecule has 2 saturated carbocycles. The number of rotatable bonds is 8. The summed E-state index contributed by atoms with van der Waals surface area (Å²) >= 11 is 0. The molecule has 2 aliphatic rings. The van der Waals surface area contributed by atoms with E-state index in [9.17, 15) is 23.1 Å². The van der Waals surface area contributed by atoms with Gasteiger partial charge in [0.05, 0.1) is 12.8 Å². The lowest BCUT2D eigenvalue weighted by molar-refractivity contribution is -0.151. The Hall–Kier alpha value is -2.22. The molecule has 33 heavy (non-hydrogen) atoms. The third-order valence-electron chi connectivity index (χ3n) is 6.94. The SMILES string of the molecule is CC(F)(C(=O)O)[C@H](c1cccc(OCC2CCC(c3cc(F)ncc3F)CC2)c1)C1CC1.S. The Bertz CT molecular complexity index is 975. The summed E-state index contributed by atoms with van der Waals surface area (Å²) in [6, 6.07) is 8.28. The Labute approximate surface area is 199 Å². The van der Waals surface area contributed by atoms with E-state index < -0.39 is 29.3 Å². The second-order valence-corrected chi connectivity index (χ2v) is 9.33. The van der Waals surface area contributed by atoms with E-state index in [1.54, 1.807) is 24.3 Å². The number of hydrogen-bond acceptors (Lipinski definition) is 3. The van der Waals surface area contributed by atoms with Crippen molar-refractivity contribution < 1.29 is 27.8 Å². The fourth-order valence-electron chi connectivity index (χ4n) is 4.98. The summed E-state index contributed by atoms with van der Waals surface area (Å²) in [5.74, 6) is -2.38. The zero-order valence-corrected chi connectivity index (χ0v) is 19.6. The summed E-state index contributed by atoms with van der Waals surface area (Å²) < 4.78 is 48.4. The van der Waals surface area contributed by atoms with Gasteiger partial charge in [0.15, 0.2) is 0 Å². The lowest BCUT2D eigenvalue weighted by Crippen LogP contribution is -2.38. The minimum Gasteiger partial charge on any atom is -0.493 e. The summed E-state index contributed by atoms with van der Waals surface area (Å²) in [7, 11) is 0. The van der Waals surface area contributed by atoms with Crippen molar-refractivity contribution in [1.82, 2.24) is 4.98 Å². The molecule has 4 nitrogen and oxygen atoms in total. The number of nitrogens with zero attached hydrogens (tertiary/aromatic N) is 1. The van der Waals surface area contributed by atoms with Crippen LogP contribution in [0, 0.1) is 23.6 Å². The predicted octanol–water partition coefficient (Wildman–Crippen LogP) is 6.13. The molecule has 2 aliphatic carbocycles. The molecule has 0 aliphatic heterocycles. The number of aromatic nitrogens is 1. The number of aliphatic carboxylic acids is 1. The molecule has 0 radical (unpaired) electrons. The minimum absolute atomic E-state index is 0. The standard InChI is InChI=1S/C25H28F3NO3.H2S/c1-25(28,24(30)31)23(17-9-10-17)18-3-2-4-19(11-18)32-14-15-5-7-16(8-6-15)20-12-22(27)29-13-21(20)26;/h2-4,11-13,15-17,23H,5-10,14H2,1H3,(H,30,31);1H2/t15?,16?,23-,25?;/m0./s1. The van der Waals surface area contributed by atoms with E-state index in [0.29, 0.717) is 23.5 Å². The van der Waals surface area contributed by atoms with Gasteiger partial charge in [-0.25, -0.2) is 18.6 Å². The molecule has 2 aromatic rings. The van der Waals surface area contributed by atoms with Crippen molar-refractivity contribution >= 4 is 19.5 Å². The third kappa shape index (κ3) is 5.83. The van der Waals surface area contributed by atoms with Crippen molar-refractivity contribution in [2.45, 2.75) is 63.0 Å². The van der Waals surface area contributed by atoms with Crippen LogP contribution in [-0.4, -0.2) is 28.3 Å². The predicted molar refractivity (Wildman–Crippen MR) is 124 cm³/mol.